The Balaban J connectivity index is 1.54. The lowest BCUT2D eigenvalue weighted by Gasteiger charge is -2.22. The first-order valence-electron chi connectivity index (χ1n) is 9.57. The van der Waals surface area contributed by atoms with Crippen LogP contribution in [0.5, 0.6) is 5.75 Å². The first-order valence-corrected chi connectivity index (χ1v) is 10.4. The van der Waals surface area contributed by atoms with Crippen molar-refractivity contribution in [3.05, 3.63) is 47.0 Å². The molecular formula is C21H23N3O3S. The number of benzene rings is 1. The van der Waals surface area contributed by atoms with Gasteiger partial charge in [-0.3, -0.25) is 14.2 Å². The van der Waals surface area contributed by atoms with Crippen LogP contribution in [-0.2, 0) is 11.3 Å². The van der Waals surface area contributed by atoms with Crippen molar-refractivity contribution in [2.45, 2.75) is 44.7 Å². The van der Waals surface area contributed by atoms with E-state index in [-0.39, 0.29) is 24.1 Å². The number of carbonyl (C=O) groups excluding carboxylic acids is 1. The quantitative estimate of drug-likeness (QED) is 0.714. The molecule has 0 atom stereocenters. The van der Waals surface area contributed by atoms with Crippen LogP contribution in [0.1, 0.15) is 32.1 Å². The number of aromatic nitrogens is 2. The number of amides is 1. The van der Waals surface area contributed by atoms with Crippen molar-refractivity contribution in [3.8, 4) is 16.2 Å². The van der Waals surface area contributed by atoms with Crippen LogP contribution in [0.3, 0.4) is 0 Å². The highest BCUT2D eigenvalue weighted by atomic mass is 32.1. The summed E-state index contributed by atoms with van der Waals surface area (Å²) in [6.07, 6.45) is 7.06. The zero-order valence-corrected chi connectivity index (χ0v) is 16.6. The summed E-state index contributed by atoms with van der Waals surface area (Å²) in [6.45, 7) is 0.00798. The van der Waals surface area contributed by atoms with Gasteiger partial charge in [-0.25, -0.2) is 4.98 Å². The zero-order chi connectivity index (χ0) is 19.5. The summed E-state index contributed by atoms with van der Waals surface area (Å²) in [6, 6.07) is 9.84. The molecule has 0 saturated heterocycles. The number of ether oxygens (including phenoxy) is 1. The summed E-state index contributed by atoms with van der Waals surface area (Å²) in [7, 11) is 1.63. The molecule has 1 aliphatic carbocycles. The van der Waals surface area contributed by atoms with Crippen LogP contribution in [0.2, 0.25) is 0 Å². The number of rotatable bonds is 5. The van der Waals surface area contributed by atoms with E-state index in [1.165, 1.54) is 28.7 Å². The number of nitrogens with one attached hydrogen (secondary N) is 1. The first-order chi connectivity index (χ1) is 13.6. The minimum absolute atomic E-state index is 0.00798. The minimum Gasteiger partial charge on any atom is -0.497 e. The van der Waals surface area contributed by atoms with E-state index in [0.29, 0.717) is 10.2 Å². The average Bonchev–Trinajstić information content (AvgIpc) is 3.16. The van der Waals surface area contributed by atoms with Gasteiger partial charge in [-0.1, -0.05) is 19.3 Å². The molecule has 1 fully saturated rings. The fourth-order valence-electron chi connectivity index (χ4n) is 3.63. The second-order valence-corrected chi connectivity index (χ2v) is 8.19. The maximum atomic E-state index is 12.8. The predicted octanol–water partition coefficient (Wildman–Crippen LogP) is 3.58. The van der Waals surface area contributed by atoms with Gasteiger partial charge in [0.1, 0.15) is 17.0 Å². The molecule has 2 aromatic heterocycles. The Hall–Kier alpha value is -2.67. The van der Waals surface area contributed by atoms with Crippen LogP contribution in [0.15, 0.2) is 41.5 Å². The van der Waals surface area contributed by atoms with Gasteiger partial charge >= 0.3 is 0 Å². The third kappa shape index (κ3) is 3.94. The van der Waals surface area contributed by atoms with Gasteiger partial charge in [-0.15, -0.1) is 11.3 Å². The largest absolute Gasteiger partial charge is 0.497 e. The van der Waals surface area contributed by atoms with Crippen molar-refractivity contribution >= 4 is 27.5 Å². The van der Waals surface area contributed by atoms with Gasteiger partial charge in [0, 0.05) is 10.9 Å². The van der Waals surface area contributed by atoms with E-state index in [1.807, 2.05) is 30.3 Å². The van der Waals surface area contributed by atoms with Gasteiger partial charge in [-0.2, -0.15) is 0 Å². The number of carbonyl (C=O) groups is 1. The topological polar surface area (TPSA) is 73.2 Å². The Labute approximate surface area is 167 Å². The van der Waals surface area contributed by atoms with Gasteiger partial charge in [0.2, 0.25) is 5.91 Å². The Morgan fingerprint density at radius 1 is 1.25 bits per heavy atom. The summed E-state index contributed by atoms with van der Waals surface area (Å²) in [4.78, 5) is 30.5. The molecule has 1 N–H and O–H groups in total. The van der Waals surface area contributed by atoms with E-state index < -0.39 is 0 Å². The minimum atomic E-state index is -0.173. The Morgan fingerprint density at radius 2 is 2.00 bits per heavy atom. The lowest BCUT2D eigenvalue weighted by Crippen LogP contribution is -2.39. The van der Waals surface area contributed by atoms with Crippen molar-refractivity contribution in [3.63, 3.8) is 0 Å². The van der Waals surface area contributed by atoms with Crippen LogP contribution in [0.4, 0.5) is 0 Å². The third-order valence-electron chi connectivity index (χ3n) is 5.16. The number of thiophene rings is 1. The monoisotopic (exact) mass is 397 g/mol. The Kier molecular flexibility index (Phi) is 5.43. The highest BCUT2D eigenvalue weighted by Crippen LogP contribution is 2.31. The molecule has 6 nitrogen and oxygen atoms in total. The molecule has 3 aromatic rings. The molecule has 7 heteroatoms. The molecule has 0 spiro atoms. The lowest BCUT2D eigenvalue weighted by molar-refractivity contribution is -0.122. The molecule has 28 heavy (non-hydrogen) atoms. The molecule has 1 saturated carbocycles. The van der Waals surface area contributed by atoms with Gasteiger partial charge in [0.05, 0.1) is 19.0 Å². The van der Waals surface area contributed by atoms with Crippen molar-refractivity contribution in [1.82, 2.24) is 14.9 Å². The van der Waals surface area contributed by atoms with Crippen molar-refractivity contribution in [2.24, 2.45) is 0 Å². The molecular weight excluding hydrogens is 374 g/mol. The van der Waals surface area contributed by atoms with Gasteiger partial charge in [0.15, 0.2) is 0 Å². The molecule has 4 rings (SSSR count). The molecule has 1 amide bonds. The maximum absolute atomic E-state index is 12.8. The number of fused-ring (bicyclic) bond motifs is 1. The first kappa shape index (κ1) is 18.7. The number of nitrogens with zero attached hydrogens (tertiary/aromatic N) is 2. The molecule has 1 aliphatic rings. The summed E-state index contributed by atoms with van der Waals surface area (Å²) in [5, 5.41) is 3.05. The number of hydrogen-bond donors (Lipinski definition) is 1. The molecule has 0 radical (unpaired) electrons. The lowest BCUT2D eigenvalue weighted by atomic mass is 9.95. The zero-order valence-electron chi connectivity index (χ0n) is 15.8. The molecule has 0 unspecified atom stereocenters. The van der Waals surface area contributed by atoms with Crippen LogP contribution in [0.25, 0.3) is 20.7 Å². The van der Waals surface area contributed by atoms with Gasteiger partial charge in [-0.05, 0) is 48.7 Å². The van der Waals surface area contributed by atoms with Crippen LogP contribution in [0, 0.1) is 0 Å². The standard InChI is InChI=1S/C21H23N3O3S/c1-27-16-9-7-14(8-10-16)18-11-17-20(28-18)21(26)24(13-22-17)12-19(25)23-15-5-3-2-4-6-15/h7-11,13,15H,2-6,12H2,1H3,(H,23,25). The van der Waals surface area contributed by atoms with Crippen LogP contribution in [-0.4, -0.2) is 28.6 Å². The highest BCUT2D eigenvalue weighted by molar-refractivity contribution is 7.22. The molecule has 0 aliphatic heterocycles. The smallest absolute Gasteiger partial charge is 0.271 e. The van der Waals surface area contributed by atoms with Gasteiger partial charge in [0.25, 0.3) is 5.56 Å². The fraction of sp³-hybridized carbons (Fsp3) is 0.381. The summed E-state index contributed by atoms with van der Waals surface area (Å²) >= 11 is 1.40. The molecule has 146 valence electrons. The van der Waals surface area contributed by atoms with Crippen molar-refractivity contribution in [2.75, 3.05) is 7.11 Å². The van der Waals surface area contributed by atoms with Crippen LogP contribution >= 0.6 is 11.3 Å². The maximum Gasteiger partial charge on any atom is 0.271 e. The second-order valence-electron chi connectivity index (χ2n) is 7.13. The van der Waals surface area contributed by atoms with Crippen molar-refractivity contribution in [1.29, 1.82) is 0 Å². The van der Waals surface area contributed by atoms with Crippen molar-refractivity contribution < 1.29 is 9.53 Å². The van der Waals surface area contributed by atoms with E-state index in [1.54, 1.807) is 7.11 Å². The van der Waals surface area contributed by atoms with E-state index in [0.717, 1.165) is 41.9 Å². The highest BCUT2D eigenvalue weighted by Gasteiger charge is 2.17. The summed E-state index contributed by atoms with van der Waals surface area (Å²) < 4.78 is 7.16. The molecule has 0 bridgehead atoms. The average molecular weight is 398 g/mol. The van der Waals surface area contributed by atoms with E-state index >= 15 is 0 Å². The Bertz CT molecular complexity index is 1030. The summed E-state index contributed by atoms with van der Waals surface area (Å²) in [5.41, 5.74) is 1.49. The third-order valence-corrected chi connectivity index (χ3v) is 6.32. The second kappa shape index (κ2) is 8.14. The SMILES string of the molecule is COc1ccc(-c2cc3ncn(CC(=O)NC4CCCCC4)c(=O)c3s2)cc1. The van der Waals surface area contributed by atoms with E-state index in [2.05, 4.69) is 10.3 Å². The van der Waals surface area contributed by atoms with E-state index in [9.17, 15) is 9.59 Å². The Morgan fingerprint density at radius 3 is 2.71 bits per heavy atom. The summed E-state index contributed by atoms with van der Waals surface area (Å²) in [5.74, 6) is 0.663. The van der Waals surface area contributed by atoms with E-state index in [4.69, 9.17) is 4.74 Å². The molecule has 1 aromatic carbocycles. The number of hydrogen-bond acceptors (Lipinski definition) is 5. The number of methoxy groups -OCH3 is 1. The normalized spacial score (nSPS) is 14.9. The molecule has 2 heterocycles. The van der Waals surface area contributed by atoms with Gasteiger partial charge < -0.3 is 10.1 Å². The predicted molar refractivity (Wildman–Crippen MR) is 111 cm³/mol. The fourth-order valence-corrected chi connectivity index (χ4v) is 4.70. The van der Waals surface area contributed by atoms with Crippen LogP contribution < -0.4 is 15.6 Å².